The summed E-state index contributed by atoms with van der Waals surface area (Å²) in [7, 11) is 0. The van der Waals surface area contributed by atoms with Crippen LogP contribution in [0.4, 0.5) is 0 Å². The van der Waals surface area contributed by atoms with Crippen molar-refractivity contribution in [1.29, 1.82) is 0 Å². The predicted octanol–water partition coefficient (Wildman–Crippen LogP) is 1.15. The van der Waals surface area contributed by atoms with Gasteiger partial charge in [-0.2, -0.15) is 0 Å². The van der Waals surface area contributed by atoms with Gasteiger partial charge in [-0.15, -0.1) is 0 Å². The van der Waals surface area contributed by atoms with Crippen LogP contribution in [0, 0.1) is 5.92 Å². The second kappa shape index (κ2) is 3.94. The fourth-order valence-corrected chi connectivity index (χ4v) is 1.36. The lowest BCUT2D eigenvalue weighted by molar-refractivity contribution is 0.182. The van der Waals surface area contributed by atoms with Crippen molar-refractivity contribution in [3.8, 4) is 0 Å². The zero-order valence-electron chi connectivity index (χ0n) is 6.68. The highest BCUT2D eigenvalue weighted by molar-refractivity contribution is 4.70. The number of ether oxygens (including phenoxy) is 1. The van der Waals surface area contributed by atoms with E-state index < -0.39 is 0 Å². The Balaban J connectivity index is 2.11. The first-order valence-corrected chi connectivity index (χ1v) is 4.16. The van der Waals surface area contributed by atoms with Crippen molar-refractivity contribution < 1.29 is 4.74 Å². The van der Waals surface area contributed by atoms with Crippen LogP contribution in [0.5, 0.6) is 0 Å². The molecule has 0 aliphatic carbocycles. The summed E-state index contributed by atoms with van der Waals surface area (Å²) in [6, 6.07) is 0.395. The Morgan fingerprint density at radius 1 is 1.70 bits per heavy atom. The summed E-state index contributed by atoms with van der Waals surface area (Å²) in [5.74, 6) is 0.745. The van der Waals surface area contributed by atoms with Crippen molar-refractivity contribution in [2.24, 2.45) is 11.7 Å². The first-order valence-electron chi connectivity index (χ1n) is 4.16. The topological polar surface area (TPSA) is 35.2 Å². The van der Waals surface area contributed by atoms with Gasteiger partial charge in [-0.1, -0.05) is 6.92 Å². The molecule has 1 fully saturated rings. The molecular formula is C8H17NO. The fraction of sp³-hybridized carbons (Fsp3) is 1.00. The maximum atomic E-state index is 5.80. The normalized spacial score (nSPS) is 28.8. The van der Waals surface area contributed by atoms with Crippen LogP contribution in [0.25, 0.3) is 0 Å². The van der Waals surface area contributed by atoms with Crippen LogP contribution in [0.15, 0.2) is 0 Å². The summed E-state index contributed by atoms with van der Waals surface area (Å²) in [6.07, 6.45) is 3.46. The molecule has 0 aromatic rings. The van der Waals surface area contributed by atoms with Crippen LogP contribution in [0.3, 0.4) is 0 Å². The summed E-state index contributed by atoms with van der Waals surface area (Å²) in [4.78, 5) is 0. The molecule has 60 valence electrons. The van der Waals surface area contributed by atoms with E-state index in [9.17, 15) is 0 Å². The predicted molar refractivity (Wildman–Crippen MR) is 41.8 cm³/mol. The number of hydrogen-bond donors (Lipinski definition) is 1. The Bertz CT molecular complexity index is 89.3. The van der Waals surface area contributed by atoms with Crippen molar-refractivity contribution in [2.75, 3.05) is 13.2 Å². The Labute approximate surface area is 62.7 Å². The molecule has 1 unspecified atom stereocenters. The lowest BCUT2D eigenvalue weighted by Crippen LogP contribution is -2.22. The third kappa shape index (κ3) is 2.27. The SMILES string of the molecule is CC[C@H](N)CC1CCOC1. The van der Waals surface area contributed by atoms with Crippen molar-refractivity contribution >= 4 is 0 Å². The van der Waals surface area contributed by atoms with E-state index in [2.05, 4.69) is 6.92 Å². The number of rotatable bonds is 3. The van der Waals surface area contributed by atoms with Gasteiger partial charge in [0.2, 0.25) is 0 Å². The number of hydrogen-bond acceptors (Lipinski definition) is 2. The van der Waals surface area contributed by atoms with Gasteiger partial charge in [-0.3, -0.25) is 0 Å². The molecule has 0 amide bonds. The zero-order chi connectivity index (χ0) is 7.40. The van der Waals surface area contributed by atoms with E-state index in [1.807, 2.05) is 0 Å². The lowest BCUT2D eigenvalue weighted by atomic mass is 9.98. The lowest BCUT2D eigenvalue weighted by Gasteiger charge is -2.12. The third-order valence-corrected chi connectivity index (χ3v) is 2.18. The highest BCUT2D eigenvalue weighted by atomic mass is 16.5. The maximum absolute atomic E-state index is 5.80. The molecular weight excluding hydrogens is 126 g/mol. The van der Waals surface area contributed by atoms with Gasteiger partial charge in [0.15, 0.2) is 0 Å². The molecule has 2 atom stereocenters. The van der Waals surface area contributed by atoms with Gasteiger partial charge in [0.05, 0.1) is 0 Å². The van der Waals surface area contributed by atoms with Crippen molar-refractivity contribution in [2.45, 2.75) is 32.2 Å². The molecule has 0 aromatic carbocycles. The molecule has 0 saturated carbocycles. The minimum atomic E-state index is 0.395. The van der Waals surface area contributed by atoms with Crippen LogP contribution < -0.4 is 5.73 Å². The standard InChI is InChI=1S/C8H17NO/c1-2-8(9)5-7-3-4-10-6-7/h7-8H,2-6,9H2,1H3/t7?,8-/m0/s1. The third-order valence-electron chi connectivity index (χ3n) is 2.18. The maximum Gasteiger partial charge on any atom is 0.0495 e. The summed E-state index contributed by atoms with van der Waals surface area (Å²) in [5.41, 5.74) is 5.80. The minimum absolute atomic E-state index is 0.395. The van der Waals surface area contributed by atoms with Gasteiger partial charge in [0, 0.05) is 19.3 Å². The average molecular weight is 143 g/mol. The van der Waals surface area contributed by atoms with E-state index in [4.69, 9.17) is 10.5 Å². The molecule has 1 aliphatic rings. The molecule has 1 saturated heterocycles. The van der Waals surface area contributed by atoms with Gasteiger partial charge in [-0.25, -0.2) is 0 Å². The molecule has 2 nitrogen and oxygen atoms in total. The van der Waals surface area contributed by atoms with Crippen LogP contribution >= 0.6 is 0 Å². The van der Waals surface area contributed by atoms with Crippen molar-refractivity contribution in [3.05, 3.63) is 0 Å². The Kier molecular flexibility index (Phi) is 3.16. The summed E-state index contributed by atoms with van der Waals surface area (Å²) in [5, 5.41) is 0. The summed E-state index contributed by atoms with van der Waals surface area (Å²) < 4.78 is 5.25. The second-order valence-corrected chi connectivity index (χ2v) is 3.13. The van der Waals surface area contributed by atoms with E-state index in [0.717, 1.165) is 32.0 Å². The van der Waals surface area contributed by atoms with Crippen LogP contribution in [-0.4, -0.2) is 19.3 Å². The van der Waals surface area contributed by atoms with E-state index in [0.29, 0.717) is 6.04 Å². The molecule has 1 rings (SSSR count). The molecule has 10 heavy (non-hydrogen) atoms. The van der Waals surface area contributed by atoms with Crippen LogP contribution in [0.1, 0.15) is 26.2 Å². The Morgan fingerprint density at radius 3 is 3.00 bits per heavy atom. The molecule has 0 aromatic heterocycles. The average Bonchev–Trinajstić information content (AvgIpc) is 2.40. The van der Waals surface area contributed by atoms with Crippen LogP contribution in [0.2, 0.25) is 0 Å². The molecule has 2 N–H and O–H groups in total. The quantitative estimate of drug-likeness (QED) is 0.643. The van der Waals surface area contributed by atoms with E-state index in [-0.39, 0.29) is 0 Å². The molecule has 0 spiro atoms. The summed E-state index contributed by atoms with van der Waals surface area (Å²) in [6.45, 7) is 4.02. The molecule has 1 heterocycles. The molecule has 1 aliphatic heterocycles. The fourth-order valence-electron chi connectivity index (χ4n) is 1.36. The van der Waals surface area contributed by atoms with Crippen molar-refractivity contribution in [3.63, 3.8) is 0 Å². The van der Waals surface area contributed by atoms with Gasteiger partial charge in [0.25, 0.3) is 0 Å². The van der Waals surface area contributed by atoms with E-state index in [1.54, 1.807) is 0 Å². The largest absolute Gasteiger partial charge is 0.381 e. The van der Waals surface area contributed by atoms with Gasteiger partial charge in [-0.05, 0) is 25.2 Å². The van der Waals surface area contributed by atoms with Gasteiger partial charge >= 0.3 is 0 Å². The molecule has 0 bridgehead atoms. The number of nitrogens with two attached hydrogens (primary N) is 1. The van der Waals surface area contributed by atoms with Gasteiger partial charge in [0.1, 0.15) is 0 Å². The first kappa shape index (κ1) is 8.02. The zero-order valence-corrected chi connectivity index (χ0v) is 6.68. The summed E-state index contributed by atoms with van der Waals surface area (Å²) >= 11 is 0. The van der Waals surface area contributed by atoms with Gasteiger partial charge < -0.3 is 10.5 Å². The first-order chi connectivity index (χ1) is 4.83. The monoisotopic (exact) mass is 143 g/mol. The van der Waals surface area contributed by atoms with Crippen molar-refractivity contribution in [1.82, 2.24) is 0 Å². The highest BCUT2D eigenvalue weighted by Gasteiger charge is 2.17. The van der Waals surface area contributed by atoms with E-state index in [1.165, 1.54) is 6.42 Å². The molecule has 0 radical (unpaired) electrons. The Morgan fingerprint density at radius 2 is 2.50 bits per heavy atom. The van der Waals surface area contributed by atoms with Crippen LogP contribution in [-0.2, 0) is 4.74 Å². The minimum Gasteiger partial charge on any atom is -0.381 e. The second-order valence-electron chi connectivity index (χ2n) is 3.13. The van der Waals surface area contributed by atoms with E-state index >= 15 is 0 Å². The Hall–Kier alpha value is -0.0800. The molecule has 2 heteroatoms. The smallest absolute Gasteiger partial charge is 0.0495 e. The highest BCUT2D eigenvalue weighted by Crippen LogP contribution is 2.17.